The summed E-state index contributed by atoms with van der Waals surface area (Å²) in [5, 5.41) is 6.90. The molecule has 140 valence electrons. The second-order valence-electron chi connectivity index (χ2n) is 5.54. The van der Waals surface area contributed by atoms with Crippen LogP contribution in [-0.4, -0.2) is 15.9 Å². The van der Waals surface area contributed by atoms with Crippen LogP contribution in [0.3, 0.4) is 0 Å². The summed E-state index contributed by atoms with van der Waals surface area (Å²) in [6.07, 6.45) is -2.58. The molecule has 3 aromatic rings. The molecule has 3 rings (SSSR count). The third kappa shape index (κ3) is 4.37. The first-order valence-electron chi connectivity index (χ1n) is 7.70. The third-order valence-electron chi connectivity index (χ3n) is 3.63. The highest BCUT2D eigenvalue weighted by molar-refractivity contribution is 6.42. The Labute approximate surface area is 163 Å². The Morgan fingerprint density at radius 2 is 1.93 bits per heavy atom. The van der Waals surface area contributed by atoms with E-state index in [0.717, 1.165) is 10.2 Å². The Kier molecular flexibility index (Phi) is 5.62. The molecule has 0 aliphatic heterocycles. The average molecular weight is 412 g/mol. The fraction of sp³-hybridized carbons (Fsp3) is 0.111. The lowest BCUT2D eigenvalue weighted by molar-refractivity contribution is 0.141. The summed E-state index contributed by atoms with van der Waals surface area (Å²) in [5.74, 6) is -0.308. The summed E-state index contributed by atoms with van der Waals surface area (Å²) < 4.78 is 32.1. The number of carbonyl (C=O) groups is 1. The zero-order valence-electron chi connectivity index (χ0n) is 13.9. The first-order valence-corrected chi connectivity index (χ1v) is 8.45. The number of nitrogens with one attached hydrogen (secondary N) is 1. The Morgan fingerprint density at radius 1 is 1.19 bits per heavy atom. The SMILES string of the molecule is Cn1cc(OC(=O)Nc2ccccc2-c2ccc(Cl)c(Cl)c2)c(C(F)F)n1. The van der Waals surface area contributed by atoms with Crippen LogP contribution in [0, 0.1) is 0 Å². The first-order chi connectivity index (χ1) is 12.8. The van der Waals surface area contributed by atoms with Gasteiger partial charge in [0.1, 0.15) is 0 Å². The largest absolute Gasteiger partial charge is 0.417 e. The monoisotopic (exact) mass is 411 g/mol. The molecule has 5 nitrogen and oxygen atoms in total. The number of ether oxygens (including phenoxy) is 1. The highest BCUT2D eigenvalue weighted by Gasteiger charge is 2.21. The summed E-state index contributed by atoms with van der Waals surface area (Å²) in [6.45, 7) is 0. The van der Waals surface area contributed by atoms with Crippen molar-refractivity contribution in [2.45, 2.75) is 6.43 Å². The molecule has 9 heteroatoms. The average Bonchev–Trinajstić information content (AvgIpc) is 2.98. The van der Waals surface area contributed by atoms with Crippen molar-refractivity contribution in [3.05, 3.63) is 64.4 Å². The molecular formula is C18H13Cl2F2N3O2. The van der Waals surface area contributed by atoms with Gasteiger partial charge in [-0.2, -0.15) is 5.10 Å². The van der Waals surface area contributed by atoms with Crippen LogP contribution in [0.4, 0.5) is 19.3 Å². The van der Waals surface area contributed by atoms with Crippen molar-refractivity contribution in [2.75, 3.05) is 5.32 Å². The summed E-state index contributed by atoms with van der Waals surface area (Å²) in [4.78, 5) is 12.2. The van der Waals surface area contributed by atoms with Gasteiger partial charge in [-0.15, -0.1) is 0 Å². The molecule has 0 fully saturated rings. The van der Waals surface area contributed by atoms with Crippen LogP contribution in [0.25, 0.3) is 11.1 Å². The Morgan fingerprint density at radius 3 is 2.63 bits per heavy atom. The molecule has 0 saturated heterocycles. The molecule has 1 N–H and O–H groups in total. The van der Waals surface area contributed by atoms with Gasteiger partial charge in [0.2, 0.25) is 0 Å². The van der Waals surface area contributed by atoms with Gasteiger partial charge in [0, 0.05) is 12.6 Å². The van der Waals surface area contributed by atoms with Crippen LogP contribution >= 0.6 is 23.2 Å². The molecule has 27 heavy (non-hydrogen) atoms. The van der Waals surface area contributed by atoms with Gasteiger partial charge in [0.15, 0.2) is 11.4 Å². The van der Waals surface area contributed by atoms with E-state index in [9.17, 15) is 13.6 Å². The number of aromatic nitrogens is 2. The topological polar surface area (TPSA) is 56.1 Å². The molecule has 0 saturated carbocycles. The molecule has 0 aliphatic carbocycles. The Balaban J connectivity index is 1.84. The number of benzene rings is 2. The van der Waals surface area contributed by atoms with Crippen molar-refractivity contribution in [2.24, 2.45) is 7.05 Å². The maximum Gasteiger partial charge on any atom is 0.417 e. The second kappa shape index (κ2) is 7.94. The lowest BCUT2D eigenvalue weighted by Gasteiger charge is -2.12. The Hall–Kier alpha value is -2.64. The smallest absolute Gasteiger partial charge is 0.406 e. The minimum absolute atomic E-state index is 0.308. The minimum Gasteiger partial charge on any atom is -0.406 e. The lowest BCUT2D eigenvalue weighted by Crippen LogP contribution is -2.17. The summed E-state index contributed by atoms with van der Waals surface area (Å²) in [7, 11) is 1.45. The van der Waals surface area contributed by atoms with E-state index in [2.05, 4.69) is 10.4 Å². The van der Waals surface area contributed by atoms with Crippen LogP contribution in [0.15, 0.2) is 48.7 Å². The fourth-order valence-electron chi connectivity index (χ4n) is 2.46. The van der Waals surface area contributed by atoms with Crippen molar-refractivity contribution in [1.29, 1.82) is 0 Å². The van der Waals surface area contributed by atoms with Crippen molar-refractivity contribution < 1.29 is 18.3 Å². The minimum atomic E-state index is -2.86. The molecular weight excluding hydrogens is 399 g/mol. The molecule has 0 spiro atoms. The van der Waals surface area contributed by atoms with Gasteiger partial charge in [0.25, 0.3) is 6.43 Å². The van der Waals surface area contributed by atoms with Gasteiger partial charge in [-0.05, 0) is 23.8 Å². The van der Waals surface area contributed by atoms with Gasteiger partial charge < -0.3 is 4.74 Å². The maximum atomic E-state index is 13.0. The van der Waals surface area contributed by atoms with E-state index in [-0.39, 0.29) is 5.75 Å². The number of anilines is 1. The Bertz CT molecular complexity index is 992. The molecule has 1 heterocycles. The number of nitrogens with zero attached hydrogens (tertiary/aromatic N) is 2. The summed E-state index contributed by atoms with van der Waals surface area (Å²) >= 11 is 12.0. The maximum absolute atomic E-state index is 13.0. The zero-order valence-corrected chi connectivity index (χ0v) is 15.4. The van der Waals surface area contributed by atoms with Gasteiger partial charge in [-0.3, -0.25) is 10.00 Å². The van der Waals surface area contributed by atoms with Gasteiger partial charge in [-0.25, -0.2) is 13.6 Å². The molecule has 2 aromatic carbocycles. The van der Waals surface area contributed by atoms with Gasteiger partial charge >= 0.3 is 6.09 Å². The van der Waals surface area contributed by atoms with Crippen LogP contribution < -0.4 is 10.1 Å². The third-order valence-corrected chi connectivity index (χ3v) is 4.36. The predicted molar refractivity (Wildman–Crippen MR) is 99.7 cm³/mol. The lowest BCUT2D eigenvalue weighted by atomic mass is 10.0. The van der Waals surface area contributed by atoms with E-state index in [0.29, 0.717) is 21.3 Å². The van der Waals surface area contributed by atoms with Gasteiger partial charge in [0.05, 0.1) is 21.9 Å². The highest BCUT2D eigenvalue weighted by Crippen LogP contribution is 2.33. The van der Waals surface area contributed by atoms with Crippen LogP contribution in [-0.2, 0) is 7.05 Å². The number of carbonyl (C=O) groups excluding carboxylic acids is 1. The van der Waals surface area contributed by atoms with E-state index >= 15 is 0 Å². The number of hydrogen-bond acceptors (Lipinski definition) is 3. The number of amides is 1. The first kappa shape index (κ1) is 19.1. The fourth-order valence-corrected chi connectivity index (χ4v) is 2.75. The second-order valence-corrected chi connectivity index (χ2v) is 6.36. The van der Waals surface area contributed by atoms with E-state index in [1.54, 1.807) is 42.5 Å². The van der Waals surface area contributed by atoms with Crippen LogP contribution in [0.1, 0.15) is 12.1 Å². The van der Waals surface area contributed by atoms with Crippen molar-refractivity contribution in [3.8, 4) is 16.9 Å². The zero-order chi connectivity index (χ0) is 19.6. The van der Waals surface area contributed by atoms with Crippen molar-refractivity contribution in [3.63, 3.8) is 0 Å². The van der Waals surface area contributed by atoms with Crippen LogP contribution in [0.5, 0.6) is 5.75 Å². The standard InChI is InChI=1S/C18H13Cl2F2N3O2/c1-25-9-15(16(24-25)17(21)22)27-18(26)23-14-5-3-2-4-11(14)10-6-7-12(19)13(20)8-10/h2-9,17H,1H3,(H,23,26). The number of hydrogen-bond donors (Lipinski definition) is 1. The van der Waals surface area contributed by atoms with Crippen LogP contribution in [0.2, 0.25) is 10.0 Å². The predicted octanol–water partition coefficient (Wildman–Crippen LogP) is 5.94. The number of rotatable bonds is 4. The van der Waals surface area contributed by atoms with Gasteiger partial charge in [-0.1, -0.05) is 47.5 Å². The molecule has 0 radical (unpaired) electrons. The van der Waals surface area contributed by atoms with E-state index < -0.39 is 18.2 Å². The van der Waals surface area contributed by atoms with E-state index in [1.165, 1.54) is 13.2 Å². The number of para-hydroxylation sites is 1. The van der Waals surface area contributed by atoms with Crippen molar-refractivity contribution in [1.82, 2.24) is 9.78 Å². The molecule has 0 aliphatic rings. The summed E-state index contributed by atoms with van der Waals surface area (Å²) in [6, 6.07) is 12.0. The quantitative estimate of drug-likeness (QED) is 0.577. The summed E-state index contributed by atoms with van der Waals surface area (Å²) in [5.41, 5.74) is 1.19. The normalized spacial score (nSPS) is 10.9. The molecule has 1 amide bonds. The molecule has 0 atom stereocenters. The molecule has 0 unspecified atom stereocenters. The van der Waals surface area contributed by atoms with E-state index in [1.807, 2.05) is 0 Å². The number of alkyl halides is 2. The number of halogens is 4. The van der Waals surface area contributed by atoms with Crippen molar-refractivity contribution >= 4 is 35.0 Å². The number of aryl methyl sites for hydroxylation is 1. The molecule has 0 bridgehead atoms. The molecule has 1 aromatic heterocycles. The van der Waals surface area contributed by atoms with E-state index in [4.69, 9.17) is 27.9 Å². The highest BCUT2D eigenvalue weighted by atomic mass is 35.5.